The van der Waals surface area contributed by atoms with E-state index in [0.29, 0.717) is 11.4 Å². The maximum atomic E-state index is 12.3. The van der Waals surface area contributed by atoms with Gasteiger partial charge in [0.1, 0.15) is 5.69 Å². The van der Waals surface area contributed by atoms with Gasteiger partial charge in [-0.05, 0) is 37.1 Å². The summed E-state index contributed by atoms with van der Waals surface area (Å²) in [7, 11) is 0. The van der Waals surface area contributed by atoms with E-state index in [-0.39, 0.29) is 5.91 Å². The van der Waals surface area contributed by atoms with Gasteiger partial charge in [-0.1, -0.05) is 12.8 Å². The number of anilines is 2. The van der Waals surface area contributed by atoms with E-state index in [4.69, 9.17) is 0 Å². The number of nitrogens with zero attached hydrogens (tertiary/aromatic N) is 3. The van der Waals surface area contributed by atoms with Gasteiger partial charge in [-0.25, -0.2) is 0 Å². The van der Waals surface area contributed by atoms with Crippen molar-refractivity contribution in [2.45, 2.75) is 25.7 Å². The van der Waals surface area contributed by atoms with Crippen LogP contribution in [0.25, 0.3) is 0 Å². The third-order valence-corrected chi connectivity index (χ3v) is 3.87. The highest BCUT2D eigenvalue weighted by atomic mass is 16.1. The average molecular weight is 296 g/mol. The third kappa shape index (κ3) is 3.61. The Hall–Kier alpha value is -2.43. The molecule has 1 aliphatic rings. The minimum absolute atomic E-state index is 0.204. The molecule has 1 amide bonds. The molecule has 5 nitrogen and oxygen atoms in total. The Kier molecular flexibility index (Phi) is 4.63. The van der Waals surface area contributed by atoms with Crippen molar-refractivity contribution in [1.29, 1.82) is 0 Å². The summed E-state index contributed by atoms with van der Waals surface area (Å²) < 4.78 is 0. The van der Waals surface area contributed by atoms with Crippen LogP contribution in [0, 0.1) is 0 Å². The van der Waals surface area contributed by atoms with Crippen LogP contribution >= 0.6 is 0 Å². The molecule has 1 aliphatic heterocycles. The molecular weight excluding hydrogens is 276 g/mol. The predicted molar refractivity (Wildman–Crippen MR) is 87.1 cm³/mol. The van der Waals surface area contributed by atoms with Crippen LogP contribution < -0.4 is 10.2 Å². The summed E-state index contributed by atoms with van der Waals surface area (Å²) in [5.74, 6) is -0.204. The van der Waals surface area contributed by atoms with Gasteiger partial charge in [0.2, 0.25) is 0 Å². The van der Waals surface area contributed by atoms with Crippen molar-refractivity contribution in [2.75, 3.05) is 23.3 Å². The maximum absolute atomic E-state index is 12.3. The lowest BCUT2D eigenvalue weighted by Gasteiger charge is -2.22. The van der Waals surface area contributed by atoms with Crippen molar-refractivity contribution in [1.82, 2.24) is 9.97 Å². The zero-order chi connectivity index (χ0) is 15.2. The Morgan fingerprint density at radius 3 is 2.64 bits per heavy atom. The normalized spacial score (nSPS) is 15.2. The van der Waals surface area contributed by atoms with Crippen molar-refractivity contribution in [3.63, 3.8) is 0 Å². The SMILES string of the molecule is O=C(Nc1cccnc1)c1cc(N2CCCCCC2)ccn1. The van der Waals surface area contributed by atoms with E-state index in [2.05, 4.69) is 20.2 Å². The summed E-state index contributed by atoms with van der Waals surface area (Å²) in [6.07, 6.45) is 9.99. The molecule has 0 radical (unpaired) electrons. The summed E-state index contributed by atoms with van der Waals surface area (Å²) in [4.78, 5) is 22.8. The van der Waals surface area contributed by atoms with E-state index in [1.54, 1.807) is 24.7 Å². The van der Waals surface area contributed by atoms with E-state index >= 15 is 0 Å². The molecule has 1 fully saturated rings. The van der Waals surface area contributed by atoms with Gasteiger partial charge in [0, 0.05) is 31.2 Å². The second-order valence-corrected chi connectivity index (χ2v) is 5.50. The largest absolute Gasteiger partial charge is 0.371 e. The first-order chi connectivity index (χ1) is 10.8. The summed E-state index contributed by atoms with van der Waals surface area (Å²) in [5, 5.41) is 2.82. The van der Waals surface area contributed by atoms with Crippen molar-refractivity contribution < 1.29 is 4.79 Å². The molecule has 22 heavy (non-hydrogen) atoms. The number of hydrogen-bond donors (Lipinski definition) is 1. The molecule has 5 heteroatoms. The molecule has 3 rings (SSSR count). The molecule has 2 aromatic heterocycles. The lowest BCUT2D eigenvalue weighted by atomic mass is 10.2. The van der Waals surface area contributed by atoms with Crippen molar-refractivity contribution >= 4 is 17.3 Å². The highest BCUT2D eigenvalue weighted by molar-refractivity contribution is 6.03. The topological polar surface area (TPSA) is 58.1 Å². The molecule has 0 aliphatic carbocycles. The van der Waals surface area contributed by atoms with Gasteiger partial charge in [0.05, 0.1) is 11.9 Å². The zero-order valence-corrected chi connectivity index (χ0v) is 12.5. The van der Waals surface area contributed by atoms with Crippen LogP contribution in [-0.4, -0.2) is 29.0 Å². The van der Waals surface area contributed by atoms with Crippen LogP contribution in [0.3, 0.4) is 0 Å². The fourth-order valence-electron chi connectivity index (χ4n) is 2.70. The first kappa shape index (κ1) is 14.5. The van der Waals surface area contributed by atoms with Crippen LogP contribution in [0.2, 0.25) is 0 Å². The molecule has 2 aromatic rings. The number of aromatic nitrogens is 2. The van der Waals surface area contributed by atoms with Crippen molar-refractivity contribution in [3.8, 4) is 0 Å². The van der Waals surface area contributed by atoms with E-state index < -0.39 is 0 Å². The van der Waals surface area contributed by atoms with E-state index in [1.165, 1.54) is 25.7 Å². The minimum Gasteiger partial charge on any atom is -0.371 e. The number of carbonyl (C=O) groups excluding carboxylic acids is 1. The van der Waals surface area contributed by atoms with Crippen LogP contribution in [0.15, 0.2) is 42.9 Å². The van der Waals surface area contributed by atoms with Gasteiger partial charge >= 0.3 is 0 Å². The summed E-state index contributed by atoms with van der Waals surface area (Å²) in [5.41, 5.74) is 2.19. The lowest BCUT2D eigenvalue weighted by molar-refractivity contribution is 0.102. The number of amides is 1. The van der Waals surface area contributed by atoms with E-state index in [9.17, 15) is 4.79 Å². The van der Waals surface area contributed by atoms with Gasteiger partial charge < -0.3 is 10.2 Å². The Labute approximate surface area is 130 Å². The zero-order valence-electron chi connectivity index (χ0n) is 12.5. The molecule has 1 saturated heterocycles. The maximum Gasteiger partial charge on any atom is 0.274 e. The second kappa shape index (κ2) is 7.02. The standard InChI is InChI=1S/C17H20N4O/c22-17(20-14-6-5-8-18-13-14)16-12-15(7-9-19-16)21-10-3-1-2-4-11-21/h5-9,12-13H,1-4,10-11H2,(H,20,22). The molecule has 0 aromatic carbocycles. The van der Waals surface area contributed by atoms with Gasteiger partial charge in [0.25, 0.3) is 5.91 Å². The molecule has 0 spiro atoms. The van der Waals surface area contributed by atoms with Gasteiger partial charge in [-0.2, -0.15) is 0 Å². The Morgan fingerprint density at radius 2 is 1.91 bits per heavy atom. The highest BCUT2D eigenvalue weighted by Gasteiger charge is 2.13. The van der Waals surface area contributed by atoms with Gasteiger partial charge in [0.15, 0.2) is 0 Å². The van der Waals surface area contributed by atoms with Gasteiger partial charge in [-0.15, -0.1) is 0 Å². The van der Waals surface area contributed by atoms with Crippen LogP contribution in [0.4, 0.5) is 11.4 Å². The van der Waals surface area contributed by atoms with Crippen LogP contribution in [0.5, 0.6) is 0 Å². The molecule has 3 heterocycles. The summed E-state index contributed by atoms with van der Waals surface area (Å²) in [6, 6.07) is 7.45. The lowest BCUT2D eigenvalue weighted by Crippen LogP contribution is -2.24. The Morgan fingerprint density at radius 1 is 1.09 bits per heavy atom. The molecule has 1 N–H and O–H groups in total. The predicted octanol–water partition coefficient (Wildman–Crippen LogP) is 3.11. The van der Waals surface area contributed by atoms with Crippen molar-refractivity contribution in [2.24, 2.45) is 0 Å². The quantitative estimate of drug-likeness (QED) is 0.945. The summed E-state index contributed by atoms with van der Waals surface area (Å²) >= 11 is 0. The second-order valence-electron chi connectivity index (χ2n) is 5.50. The van der Waals surface area contributed by atoms with Crippen molar-refractivity contribution in [3.05, 3.63) is 48.5 Å². The van der Waals surface area contributed by atoms with Crippen LogP contribution in [-0.2, 0) is 0 Å². The Balaban J connectivity index is 1.74. The fourth-order valence-corrected chi connectivity index (χ4v) is 2.70. The van der Waals surface area contributed by atoms with E-state index in [0.717, 1.165) is 18.8 Å². The number of pyridine rings is 2. The third-order valence-electron chi connectivity index (χ3n) is 3.87. The molecular formula is C17H20N4O. The first-order valence-corrected chi connectivity index (χ1v) is 7.75. The number of nitrogens with one attached hydrogen (secondary N) is 1. The molecule has 0 bridgehead atoms. The average Bonchev–Trinajstić information content (AvgIpc) is 2.85. The fraction of sp³-hybridized carbons (Fsp3) is 0.353. The minimum atomic E-state index is -0.204. The Bertz CT molecular complexity index is 622. The molecule has 0 atom stereocenters. The molecule has 0 unspecified atom stereocenters. The van der Waals surface area contributed by atoms with Gasteiger partial charge in [-0.3, -0.25) is 14.8 Å². The summed E-state index contributed by atoms with van der Waals surface area (Å²) in [6.45, 7) is 2.10. The van der Waals surface area contributed by atoms with E-state index in [1.807, 2.05) is 18.2 Å². The molecule has 0 saturated carbocycles. The first-order valence-electron chi connectivity index (χ1n) is 7.75. The highest BCUT2D eigenvalue weighted by Crippen LogP contribution is 2.20. The molecule has 114 valence electrons. The number of carbonyl (C=O) groups is 1. The number of hydrogen-bond acceptors (Lipinski definition) is 4. The smallest absolute Gasteiger partial charge is 0.274 e. The van der Waals surface area contributed by atoms with Crippen LogP contribution in [0.1, 0.15) is 36.2 Å². The number of rotatable bonds is 3. The monoisotopic (exact) mass is 296 g/mol.